The fraction of sp³-hybridized carbons (Fsp3) is 0.438. The van der Waals surface area contributed by atoms with Gasteiger partial charge in [0.1, 0.15) is 5.01 Å². The van der Waals surface area contributed by atoms with Gasteiger partial charge in [0.05, 0.1) is 12.2 Å². The summed E-state index contributed by atoms with van der Waals surface area (Å²) in [6.45, 7) is 7.09. The molecule has 0 aliphatic carbocycles. The summed E-state index contributed by atoms with van der Waals surface area (Å²) in [6, 6.07) is 8.57. The number of nitrogens with zero attached hydrogens (tertiary/aromatic N) is 2. The van der Waals surface area contributed by atoms with Crippen LogP contribution in [-0.4, -0.2) is 18.6 Å². The summed E-state index contributed by atoms with van der Waals surface area (Å²) >= 11 is 1.74. The van der Waals surface area contributed by atoms with Gasteiger partial charge in [-0.15, -0.1) is 11.3 Å². The Bertz CT molecular complexity index is 536. The zero-order chi connectivity index (χ0) is 14.4. The van der Waals surface area contributed by atoms with Gasteiger partial charge >= 0.3 is 0 Å². The zero-order valence-corrected chi connectivity index (χ0v) is 13.3. The third-order valence-electron chi connectivity index (χ3n) is 3.14. The highest BCUT2D eigenvalue weighted by atomic mass is 32.1. The first kappa shape index (κ1) is 15.0. The number of benzene rings is 1. The van der Waals surface area contributed by atoms with E-state index in [4.69, 9.17) is 0 Å². The maximum atomic E-state index is 4.68. The summed E-state index contributed by atoms with van der Waals surface area (Å²) in [4.78, 5) is 6.93. The molecule has 4 heteroatoms. The number of aromatic nitrogens is 1. The van der Waals surface area contributed by atoms with E-state index in [1.54, 1.807) is 11.3 Å². The fourth-order valence-electron chi connectivity index (χ4n) is 2.07. The van der Waals surface area contributed by atoms with Crippen molar-refractivity contribution < 1.29 is 0 Å². The molecule has 0 atom stereocenters. The topological polar surface area (TPSA) is 28.2 Å². The Morgan fingerprint density at radius 2 is 2.20 bits per heavy atom. The fourth-order valence-corrected chi connectivity index (χ4v) is 2.83. The van der Waals surface area contributed by atoms with Crippen LogP contribution >= 0.6 is 11.3 Å². The molecule has 2 aromatic rings. The van der Waals surface area contributed by atoms with Gasteiger partial charge in [0.2, 0.25) is 0 Å². The molecule has 0 spiro atoms. The second-order valence-corrected chi connectivity index (χ2v) is 6.05. The molecule has 2 rings (SSSR count). The van der Waals surface area contributed by atoms with Crippen molar-refractivity contribution in [2.75, 3.05) is 18.5 Å². The van der Waals surface area contributed by atoms with Gasteiger partial charge in [-0.25, -0.2) is 4.98 Å². The zero-order valence-electron chi connectivity index (χ0n) is 12.5. The number of aryl methyl sites for hydroxylation is 1. The van der Waals surface area contributed by atoms with Crippen LogP contribution in [-0.2, 0) is 13.1 Å². The van der Waals surface area contributed by atoms with Crippen molar-refractivity contribution in [1.29, 1.82) is 0 Å². The SMILES string of the molecule is CCCNCc1nc(CN(C)c2cccc(C)c2)cs1. The van der Waals surface area contributed by atoms with Crippen LogP contribution < -0.4 is 10.2 Å². The minimum Gasteiger partial charge on any atom is -0.369 e. The van der Waals surface area contributed by atoms with E-state index in [0.717, 1.165) is 31.7 Å². The van der Waals surface area contributed by atoms with Crippen LogP contribution in [0.1, 0.15) is 29.6 Å². The smallest absolute Gasteiger partial charge is 0.107 e. The summed E-state index contributed by atoms with van der Waals surface area (Å²) in [5.74, 6) is 0. The monoisotopic (exact) mass is 289 g/mol. The maximum Gasteiger partial charge on any atom is 0.107 e. The largest absolute Gasteiger partial charge is 0.369 e. The van der Waals surface area contributed by atoms with Crippen molar-refractivity contribution in [2.24, 2.45) is 0 Å². The minimum absolute atomic E-state index is 0.855. The summed E-state index contributed by atoms with van der Waals surface area (Å²) in [5.41, 5.74) is 3.67. The third-order valence-corrected chi connectivity index (χ3v) is 4.04. The van der Waals surface area contributed by atoms with Crippen LogP contribution in [0.4, 0.5) is 5.69 Å². The van der Waals surface area contributed by atoms with E-state index in [2.05, 4.69) is 65.7 Å². The van der Waals surface area contributed by atoms with Gasteiger partial charge in [-0.2, -0.15) is 0 Å². The Hall–Kier alpha value is -1.39. The molecule has 1 aromatic heterocycles. The molecule has 3 nitrogen and oxygen atoms in total. The molecule has 0 fully saturated rings. The second kappa shape index (κ2) is 7.41. The molecule has 0 saturated heterocycles. The van der Waals surface area contributed by atoms with Crippen LogP contribution in [0.5, 0.6) is 0 Å². The molecule has 20 heavy (non-hydrogen) atoms. The van der Waals surface area contributed by atoms with Crippen molar-refractivity contribution in [1.82, 2.24) is 10.3 Å². The normalized spacial score (nSPS) is 10.8. The predicted molar refractivity (Wildman–Crippen MR) is 87.4 cm³/mol. The average Bonchev–Trinajstić information content (AvgIpc) is 2.86. The molecular formula is C16H23N3S. The molecule has 1 aromatic carbocycles. The first-order valence-corrected chi connectivity index (χ1v) is 7.99. The summed E-state index contributed by atoms with van der Waals surface area (Å²) in [6.07, 6.45) is 1.16. The number of rotatable bonds is 7. The highest BCUT2D eigenvalue weighted by molar-refractivity contribution is 7.09. The Labute approximate surface area is 125 Å². The van der Waals surface area contributed by atoms with Gasteiger partial charge in [-0.3, -0.25) is 0 Å². The lowest BCUT2D eigenvalue weighted by molar-refractivity contribution is 0.670. The van der Waals surface area contributed by atoms with E-state index in [1.165, 1.54) is 16.3 Å². The van der Waals surface area contributed by atoms with Crippen molar-refractivity contribution in [3.8, 4) is 0 Å². The first-order chi connectivity index (χ1) is 9.69. The molecule has 0 bridgehead atoms. The molecule has 0 amide bonds. The van der Waals surface area contributed by atoms with Gasteiger partial charge < -0.3 is 10.2 Å². The number of anilines is 1. The van der Waals surface area contributed by atoms with Crippen molar-refractivity contribution in [2.45, 2.75) is 33.4 Å². The number of nitrogens with one attached hydrogen (secondary N) is 1. The van der Waals surface area contributed by atoms with E-state index in [-0.39, 0.29) is 0 Å². The third kappa shape index (κ3) is 4.32. The number of hydrogen-bond acceptors (Lipinski definition) is 4. The minimum atomic E-state index is 0.855. The van der Waals surface area contributed by atoms with E-state index in [9.17, 15) is 0 Å². The van der Waals surface area contributed by atoms with Crippen LogP contribution in [0.2, 0.25) is 0 Å². The average molecular weight is 289 g/mol. The molecular weight excluding hydrogens is 266 g/mol. The lowest BCUT2D eigenvalue weighted by Gasteiger charge is -2.18. The molecule has 0 radical (unpaired) electrons. The second-order valence-electron chi connectivity index (χ2n) is 5.10. The van der Waals surface area contributed by atoms with Crippen molar-refractivity contribution >= 4 is 17.0 Å². The first-order valence-electron chi connectivity index (χ1n) is 7.11. The number of thiazole rings is 1. The van der Waals surface area contributed by atoms with Gasteiger partial charge in [0.15, 0.2) is 0 Å². The van der Waals surface area contributed by atoms with E-state index in [0.29, 0.717) is 0 Å². The highest BCUT2D eigenvalue weighted by Gasteiger charge is 2.06. The van der Waals surface area contributed by atoms with Crippen LogP contribution in [0.15, 0.2) is 29.6 Å². The van der Waals surface area contributed by atoms with Crippen molar-refractivity contribution in [3.63, 3.8) is 0 Å². The Balaban J connectivity index is 1.92. The highest BCUT2D eigenvalue weighted by Crippen LogP contribution is 2.18. The summed E-state index contributed by atoms with van der Waals surface area (Å²) in [5, 5.41) is 6.73. The van der Waals surface area contributed by atoms with Crippen LogP contribution in [0, 0.1) is 6.92 Å². The maximum absolute atomic E-state index is 4.68. The van der Waals surface area contributed by atoms with E-state index in [1.807, 2.05) is 0 Å². The lowest BCUT2D eigenvalue weighted by atomic mass is 10.2. The van der Waals surface area contributed by atoms with E-state index < -0.39 is 0 Å². The Morgan fingerprint density at radius 1 is 1.35 bits per heavy atom. The summed E-state index contributed by atoms with van der Waals surface area (Å²) < 4.78 is 0. The van der Waals surface area contributed by atoms with Crippen LogP contribution in [0.25, 0.3) is 0 Å². The van der Waals surface area contributed by atoms with Gasteiger partial charge in [-0.1, -0.05) is 19.1 Å². The van der Waals surface area contributed by atoms with Crippen molar-refractivity contribution in [3.05, 3.63) is 45.9 Å². The van der Waals surface area contributed by atoms with Crippen LogP contribution in [0.3, 0.4) is 0 Å². The quantitative estimate of drug-likeness (QED) is 0.790. The molecule has 108 valence electrons. The molecule has 1 heterocycles. The molecule has 0 saturated carbocycles. The molecule has 1 N–H and O–H groups in total. The standard InChI is InChI=1S/C16H23N3S/c1-4-8-17-10-16-18-14(12-20-16)11-19(3)15-7-5-6-13(2)9-15/h5-7,9,12,17H,4,8,10-11H2,1-3H3. The van der Waals surface area contributed by atoms with Gasteiger partial charge in [-0.05, 0) is 37.6 Å². The van der Waals surface area contributed by atoms with Gasteiger partial charge in [0, 0.05) is 24.7 Å². The molecule has 0 unspecified atom stereocenters. The lowest BCUT2D eigenvalue weighted by Crippen LogP contribution is -2.17. The Morgan fingerprint density at radius 3 is 2.95 bits per heavy atom. The van der Waals surface area contributed by atoms with E-state index >= 15 is 0 Å². The predicted octanol–water partition coefficient (Wildman–Crippen LogP) is 3.59. The number of hydrogen-bond donors (Lipinski definition) is 1. The molecule has 0 aliphatic heterocycles. The van der Waals surface area contributed by atoms with Gasteiger partial charge in [0.25, 0.3) is 0 Å². The molecule has 0 aliphatic rings. The summed E-state index contributed by atoms with van der Waals surface area (Å²) in [7, 11) is 2.11. The Kier molecular flexibility index (Phi) is 5.56.